The van der Waals surface area contributed by atoms with Crippen molar-refractivity contribution in [3.63, 3.8) is 0 Å². The van der Waals surface area contributed by atoms with E-state index in [1.165, 1.54) is 11.1 Å². The Morgan fingerprint density at radius 3 is 1.52 bits per heavy atom. The van der Waals surface area contributed by atoms with Crippen LogP contribution in [0, 0.1) is 0 Å². The third-order valence-corrected chi connectivity index (χ3v) is 5.46. The molecule has 0 aliphatic carbocycles. The van der Waals surface area contributed by atoms with E-state index in [0.717, 1.165) is 26.0 Å². The Hall–Kier alpha value is -2.36. The lowest BCUT2D eigenvalue weighted by molar-refractivity contribution is 1.28. The van der Waals surface area contributed by atoms with Gasteiger partial charge < -0.3 is 4.90 Å². The van der Waals surface area contributed by atoms with Gasteiger partial charge in [-0.1, -0.05) is 80.4 Å². The fraction of sp³-hybridized carbons (Fsp3) is 0. The summed E-state index contributed by atoms with van der Waals surface area (Å²) < 4.78 is 2.14. The van der Waals surface area contributed by atoms with Gasteiger partial charge in [-0.3, -0.25) is 0 Å². The van der Waals surface area contributed by atoms with E-state index < -0.39 is 0 Å². The van der Waals surface area contributed by atoms with Gasteiger partial charge in [0.2, 0.25) is 0 Å². The number of para-hydroxylation sites is 1. The molecule has 3 heteroatoms. The van der Waals surface area contributed by atoms with Crippen LogP contribution in [0.3, 0.4) is 0 Å². The van der Waals surface area contributed by atoms with Gasteiger partial charge in [-0.15, -0.1) is 0 Å². The molecule has 0 bridgehead atoms. The first-order valence-electron chi connectivity index (χ1n) is 8.68. The molecule has 0 fully saturated rings. The maximum absolute atomic E-state index is 3.54. The second-order valence-electron chi connectivity index (χ2n) is 6.17. The first-order chi connectivity index (χ1) is 13.2. The third-order valence-electron chi connectivity index (χ3n) is 4.40. The molecule has 0 aliphatic heterocycles. The van der Waals surface area contributed by atoms with Crippen molar-refractivity contribution in [2.45, 2.75) is 0 Å². The fourth-order valence-electron chi connectivity index (χ4n) is 3.14. The van der Waals surface area contributed by atoms with E-state index in [4.69, 9.17) is 0 Å². The molecule has 0 aromatic heterocycles. The van der Waals surface area contributed by atoms with Crippen LogP contribution in [-0.4, -0.2) is 0 Å². The second-order valence-corrected chi connectivity index (χ2v) is 8.00. The van der Waals surface area contributed by atoms with Gasteiger partial charge in [0, 0.05) is 25.9 Å². The topological polar surface area (TPSA) is 3.24 Å². The van der Waals surface area contributed by atoms with Gasteiger partial charge in [-0.2, -0.15) is 0 Å². The third kappa shape index (κ3) is 4.00. The molecule has 0 spiro atoms. The summed E-state index contributed by atoms with van der Waals surface area (Å²) in [5.74, 6) is 0. The predicted octanol–water partition coefficient (Wildman–Crippen LogP) is 8.35. The number of anilines is 3. The van der Waals surface area contributed by atoms with Crippen molar-refractivity contribution in [2.75, 3.05) is 4.90 Å². The molecule has 0 heterocycles. The fourth-order valence-corrected chi connectivity index (χ4v) is 3.67. The zero-order valence-electron chi connectivity index (χ0n) is 14.5. The van der Waals surface area contributed by atoms with Gasteiger partial charge in [-0.05, 0) is 60.2 Å². The lowest BCUT2D eigenvalue weighted by atomic mass is 10.0. The monoisotopic (exact) mass is 477 g/mol. The normalized spacial score (nSPS) is 10.6. The zero-order valence-corrected chi connectivity index (χ0v) is 17.7. The highest BCUT2D eigenvalue weighted by molar-refractivity contribution is 9.10. The number of hydrogen-bond donors (Lipinski definition) is 0. The Kier molecular flexibility index (Phi) is 5.42. The number of benzene rings is 4. The van der Waals surface area contributed by atoms with Gasteiger partial charge in [0.15, 0.2) is 0 Å². The van der Waals surface area contributed by atoms with E-state index in [1.54, 1.807) is 0 Å². The van der Waals surface area contributed by atoms with E-state index in [-0.39, 0.29) is 0 Å². The van der Waals surface area contributed by atoms with E-state index in [1.807, 2.05) is 6.07 Å². The maximum Gasteiger partial charge on any atom is 0.0540 e. The Morgan fingerprint density at radius 2 is 0.963 bits per heavy atom. The molecule has 0 radical (unpaired) electrons. The lowest BCUT2D eigenvalue weighted by Crippen LogP contribution is -2.11. The molecule has 0 saturated heterocycles. The minimum atomic E-state index is 1.07. The highest BCUT2D eigenvalue weighted by atomic mass is 79.9. The van der Waals surface area contributed by atoms with Crippen LogP contribution in [0.25, 0.3) is 11.1 Å². The molecule has 0 N–H and O–H groups in total. The summed E-state index contributed by atoms with van der Waals surface area (Å²) in [4.78, 5) is 2.29. The van der Waals surface area contributed by atoms with Crippen LogP contribution in [0.2, 0.25) is 0 Å². The Labute approximate surface area is 176 Å². The number of nitrogens with zero attached hydrogens (tertiary/aromatic N) is 1. The van der Waals surface area contributed by atoms with Crippen LogP contribution in [0.5, 0.6) is 0 Å². The Morgan fingerprint density at radius 1 is 0.481 bits per heavy atom. The van der Waals surface area contributed by atoms with E-state index in [9.17, 15) is 0 Å². The number of hydrogen-bond acceptors (Lipinski definition) is 1. The average Bonchev–Trinajstić information content (AvgIpc) is 2.72. The molecule has 0 saturated carbocycles. The molecular formula is C24H17Br2N. The molecule has 0 amide bonds. The van der Waals surface area contributed by atoms with Gasteiger partial charge in [0.05, 0.1) is 5.69 Å². The van der Waals surface area contributed by atoms with Crippen molar-refractivity contribution in [3.05, 3.63) is 112 Å². The Balaban J connectivity index is 1.92. The standard InChI is InChI=1S/C24H17Br2N/c25-19-10-14-21(15-11-19)27(22-16-12-20(26)13-17-22)24-9-5-4-8-23(24)18-6-2-1-3-7-18/h1-17H. The summed E-state index contributed by atoms with van der Waals surface area (Å²) in [5.41, 5.74) is 5.78. The molecule has 0 atom stereocenters. The van der Waals surface area contributed by atoms with E-state index in [2.05, 4.69) is 134 Å². The van der Waals surface area contributed by atoms with Crippen LogP contribution < -0.4 is 4.90 Å². The highest BCUT2D eigenvalue weighted by Gasteiger charge is 2.16. The van der Waals surface area contributed by atoms with Gasteiger partial charge in [0.25, 0.3) is 0 Å². The molecular weight excluding hydrogens is 462 g/mol. The van der Waals surface area contributed by atoms with Crippen molar-refractivity contribution < 1.29 is 0 Å². The second kappa shape index (κ2) is 8.12. The molecule has 0 aliphatic rings. The van der Waals surface area contributed by atoms with E-state index >= 15 is 0 Å². The maximum atomic E-state index is 3.54. The summed E-state index contributed by atoms with van der Waals surface area (Å²) in [6, 6.07) is 35.9. The van der Waals surface area contributed by atoms with Crippen LogP contribution in [0.4, 0.5) is 17.1 Å². The average molecular weight is 479 g/mol. The SMILES string of the molecule is Brc1ccc(N(c2ccc(Br)cc2)c2ccccc2-c2ccccc2)cc1. The van der Waals surface area contributed by atoms with E-state index in [0.29, 0.717) is 0 Å². The molecule has 4 aromatic rings. The van der Waals surface area contributed by atoms with Gasteiger partial charge in [-0.25, -0.2) is 0 Å². The highest BCUT2D eigenvalue weighted by Crippen LogP contribution is 2.41. The van der Waals surface area contributed by atoms with Crippen molar-refractivity contribution in [1.82, 2.24) is 0 Å². The minimum Gasteiger partial charge on any atom is -0.310 e. The van der Waals surface area contributed by atoms with Gasteiger partial charge >= 0.3 is 0 Å². The summed E-state index contributed by atoms with van der Waals surface area (Å²) in [6.45, 7) is 0. The van der Waals surface area contributed by atoms with Gasteiger partial charge in [0.1, 0.15) is 0 Å². The largest absolute Gasteiger partial charge is 0.310 e. The molecule has 27 heavy (non-hydrogen) atoms. The van der Waals surface area contributed by atoms with Crippen molar-refractivity contribution in [1.29, 1.82) is 0 Å². The van der Waals surface area contributed by atoms with Crippen LogP contribution >= 0.6 is 31.9 Å². The quantitative estimate of drug-likeness (QED) is 0.284. The van der Waals surface area contributed by atoms with Crippen molar-refractivity contribution in [3.8, 4) is 11.1 Å². The minimum absolute atomic E-state index is 1.07. The Bertz CT molecular complexity index is 980. The molecule has 4 aromatic carbocycles. The summed E-state index contributed by atoms with van der Waals surface area (Å²) in [5, 5.41) is 0. The molecule has 0 unspecified atom stereocenters. The predicted molar refractivity (Wildman–Crippen MR) is 122 cm³/mol. The van der Waals surface area contributed by atoms with Crippen LogP contribution in [0.15, 0.2) is 112 Å². The summed E-state index contributed by atoms with van der Waals surface area (Å²) >= 11 is 7.09. The molecule has 132 valence electrons. The summed E-state index contributed by atoms with van der Waals surface area (Å²) in [7, 11) is 0. The molecule has 4 rings (SSSR count). The first kappa shape index (κ1) is 18.0. The zero-order chi connectivity index (χ0) is 18.6. The van der Waals surface area contributed by atoms with Crippen molar-refractivity contribution in [2.24, 2.45) is 0 Å². The van der Waals surface area contributed by atoms with Crippen LogP contribution in [0.1, 0.15) is 0 Å². The summed E-state index contributed by atoms with van der Waals surface area (Å²) in [6.07, 6.45) is 0. The number of halogens is 2. The first-order valence-corrected chi connectivity index (χ1v) is 10.3. The smallest absolute Gasteiger partial charge is 0.0540 e. The van der Waals surface area contributed by atoms with Crippen LogP contribution in [-0.2, 0) is 0 Å². The number of rotatable bonds is 4. The van der Waals surface area contributed by atoms with Crippen molar-refractivity contribution >= 4 is 48.9 Å². The lowest BCUT2D eigenvalue weighted by Gasteiger charge is -2.28. The molecule has 1 nitrogen and oxygen atoms in total.